The van der Waals surface area contributed by atoms with Gasteiger partial charge in [-0.3, -0.25) is 13.9 Å². The Morgan fingerprint density at radius 2 is 1.74 bits per heavy atom. The molecule has 0 radical (unpaired) electrons. The van der Waals surface area contributed by atoms with Crippen LogP contribution in [0.2, 0.25) is 5.02 Å². The molecular weight excluding hydrogens is 490 g/mol. The van der Waals surface area contributed by atoms with E-state index in [1.165, 1.54) is 12.0 Å². The summed E-state index contributed by atoms with van der Waals surface area (Å²) in [5.74, 6) is -0.459. The fourth-order valence-electron chi connectivity index (χ4n) is 3.64. The minimum absolute atomic E-state index is 0.124. The van der Waals surface area contributed by atoms with Crippen molar-refractivity contribution in [3.05, 3.63) is 59.1 Å². The van der Waals surface area contributed by atoms with Crippen LogP contribution in [0.25, 0.3) is 0 Å². The third kappa shape index (κ3) is 8.14. The number of unbranched alkanes of at least 4 members (excludes halogenated alkanes) is 1. The van der Waals surface area contributed by atoms with Crippen LogP contribution in [0, 0.1) is 0 Å². The highest BCUT2D eigenvalue weighted by molar-refractivity contribution is 7.92. The highest BCUT2D eigenvalue weighted by Crippen LogP contribution is 2.29. The summed E-state index contributed by atoms with van der Waals surface area (Å²) in [4.78, 5) is 28.1. The van der Waals surface area contributed by atoms with Crippen molar-refractivity contribution in [1.82, 2.24) is 10.2 Å². The van der Waals surface area contributed by atoms with Gasteiger partial charge < -0.3 is 15.0 Å². The van der Waals surface area contributed by atoms with E-state index >= 15 is 0 Å². The summed E-state index contributed by atoms with van der Waals surface area (Å²) >= 11 is 6.01. The normalized spacial score (nSPS) is 12.0. The van der Waals surface area contributed by atoms with Crippen LogP contribution in [0.5, 0.6) is 5.75 Å². The summed E-state index contributed by atoms with van der Waals surface area (Å²) in [7, 11) is -2.41. The minimum atomic E-state index is -3.84. The van der Waals surface area contributed by atoms with E-state index in [1.807, 2.05) is 13.8 Å². The predicted octanol–water partition coefficient (Wildman–Crippen LogP) is 3.84. The summed E-state index contributed by atoms with van der Waals surface area (Å²) in [5.41, 5.74) is 1.02. The molecule has 0 unspecified atom stereocenters. The molecular formula is C25H34ClN3O5S. The SMILES string of the molecule is CCCCNC(=O)[C@@H](CC)N(Cc1ccc(Cl)cc1)C(=O)CN(c1ccccc1OC)S(C)(=O)=O. The molecule has 0 heterocycles. The number of para-hydroxylation sites is 2. The molecule has 0 aromatic heterocycles. The van der Waals surface area contributed by atoms with Crippen LogP contribution in [0.1, 0.15) is 38.7 Å². The third-order valence-corrected chi connectivity index (χ3v) is 6.89. The van der Waals surface area contributed by atoms with Gasteiger partial charge in [0.15, 0.2) is 0 Å². The van der Waals surface area contributed by atoms with E-state index < -0.39 is 28.5 Å². The van der Waals surface area contributed by atoms with Crippen molar-refractivity contribution in [1.29, 1.82) is 0 Å². The van der Waals surface area contributed by atoms with E-state index in [9.17, 15) is 18.0 Å². The molecule has 1 atom stereocenters. The molecule has 192 valence electrons. The number of nitrogens with zero attached hydrogens (tertiary/aromatic N) is 2. The van der Waals surface area contributed by atoms with Crippen LogP contribution in [0.4, 0.5) is 5.69 Å². The molecule has 2 amide bonds. The van der Waals surface area contributed by atoms with E-state index in [4.69, 9.17) is 16.3 Å². The molecule has 8 nitrogen and oxygen atoms in total. The van der Waals surface area contributed by atoms with Gasteiger partial charge >= 0.3 is 0 Å². The Bertz CT molecular complexity index is 1090. The molecule has 0 aliphatic heterocycles. The summed E-state index contributed by atoms with van der Waals surface area (Å²) in [6.45, 7) is 3.99. The zero-order chi connectivity index (χ0) is 26.0. The van der Waals surface area contributed by atoms with Crippen LogP contribution < -0.4 is 14.4 Å². The monoisotopic (exact) mass is 523 g/mol. The molecule has 2 rings (SSSR count). The van der Waals surface area contributed by atoms with Gasteiger partial charge in [0.05, 0.1) is 19.1 Å². The smallest absolute Gasteiger partial charge is 0.244 e. The second kappa shape index (κ2) is 13.3. The van der Waals surface area contributed by atoms with Crippen molar-refractivity contribution in [3.8, 4) is 5.75 Å². The largest absolute Gasteiger partial charge is 0.495 e. The number of nitrogens with one attached hydrogen (secondary N) is 1. The molecule has 35 heavy (non-hydrogen) atoms. The summed E-state index contributed by atoms with van der Waals surface area (Å²) in [5, 5.41) is 3.44. The van der Waals surface area contributed by atoms with Crippen LogP contribution in [-0.4, -0.2) is 57.6 Å². The number of rotatable bonds is 13. The van der Waals surface area contributed by atoms with Crippen LogP contribution >= 0.6 is 11.6 Å². The number of ether oxygens (including phenoxy) is 1. The first kappa shape index (κ1) is 28.5. The van der Waals surface area contributed by atoms with E-state index in [2.05, 4.69) is 5.32 Å². The average molecular weight is 524 g/mol. The summed E-state index contributed by atoms with van der Waals surface area (Å²) in [6.07, 6.45) is 3.14. The van der Waals surface area contributed by atoms with E-state index in [0.29, 0.717) is 23.7 Å². The van der Waals surface area contributed by atoms with Gasteiger partial charge in [0.1, 0.15) is 18.3 Å². The second-order valence-corrected chi connectivity index (χ2v) is 10.5. The number of hydrogen-bond acceptors (Lipinski definition) is 5. The van der Waals surface area contributed by atoms with E-state index in [-0.39, 0.29) is 18.1 Å². The minimum Gasteiger partial charge on any atom is -0.495 e. The maximum Gasteiger partial charge on any atom is 0.244 e. The Hall–Kier alpha value is -2.78. The van der Waals surface area contributed by atoms with Gasteiger partial charge in [0.25, 0.3) is 0 Å². The van der Waals surface area contributed by atoms with Crippen molar-refractivity contribution in [2.24, 2.45) is 0 Å². The Morgan fingerprint density at radius 3 is 2.31 bits per heavy atom. The van der Waals surface area contributed by atoms with Gasteiger partial charge in [0.2, 0.25) is 21.8 Å². The number of hydrogen-bond donors (Lipinski definition) is 1. The zero-order valence-electron chi connectivity index (χ0n) is 20.7. The molecule has 0 fully saturated rings. The van der Waals surface area contributed by atoms with Crippen LogP contribution in [0.3, 0.4) is 0 Å². The topological polar surface area (TPSA) is 96.0 Å². The van der Waals surface area contributed by atoms with Gasteiger partial charge in [-0.1, -0.05) is 56.1 Å². The number of carbonyl (C=O) groups excluding carboxylic acids is 2. The average Bonchev–Trinajstić information content (AvgIpc) is 2.83. The maximum atomic E-state index is 13.7. The Kier molecular flexibility index (Phi) is 10.9. The summed E-state index contributed by atoms with van der Waals surface area (Å²) in [6, 6.07) is 12.8. The van der Waals surface area contributed by atoms with Gasteiger partial charge in [-0.2, -0.15) is 0 Å². The lowest BCUT2D eigenvalue weighted by atomic mass is 10.1. The molecule has 0 aliphatic rings. The lowest BCUT2D eigenvalue weighted by Gasteiger charge is -2.33. The van der Waals surface area contributed by atoms with Crippen molar-refractivity contribution in [2.75, 3.05) is 30.8 Å². The van der Waals surface area contributed by atoms with Crippen molar-refractivity contribution < 1.29 is 22.7 Å². The van der Waals surface area contributed by atoms with E-state index in [0.717, 1.165) is 29.0 Å². The second-order valence-electron chi connectivity index (χ2n) is 8.16. The molecule has 0 aliphatic carbocycles. The van der Waals surface area contributed by atoms with Gasteiger partial charge in [0, 0.05) is 18.1 Å². The van der Waals surface area contributed by atoms with Gasteiger partial charge in [-0.15, -0.1) is 0 Å². The Balaban J connectivity index is 2.43. The number of halogens is 1. The van der Waals surface area contributed by atoms with Gasteiger partial charge in [-0.25, -0.2) is 8.42 Å². The van der Waals surface area contributed by atoms with Crippen molar-refractivity contribution in [3.63, 3.8) is 0 Å². The standard InChI is InChI=1S/C25H34ClN3O5S/c1-5-7-16-27-25(31)21(6-2)28(17-19-12-14-20(26)15-13-19)24(30)18-29(35(4,32)33)22-10-8-9-11-23(22)34-3/h8-15,21H,5-7,16-18H2,1-4H3,(H,27,31)/t21-/m1/s1. The molecule has 1 N–H and O–H groups in total. The Labute approximate surface area is 213 Å². The number of benzene rings is 2. The number of anilines is 1. The quantitative estimate of drug-likeness (QED) is 0.402. The first-order valence-electron chi connectivity index (χ1n) is 11.5. The molecule has 0 bridgehead atoms. The fraction of sp³-hybridized carbons (Fsp3) is 0.440. The molecule has 10 heteroatoms. The highest BCUT2D eigenvalue weighted by atomic mass is 35.5. The maximum absolute atomic E-state index is 13.7. The first-order chi connectivity index (χ1) is 16.6. The number of methoxy groups -OCH3 is 1. The van der Waals surface area contributed by atoms with Crippen molar-refractivity contribution >= 4 is 39.1 Å². The fourth-order valence-corrected chi connectivity index (χ4v) is 4.62. The number of sulfonamides is 1. The van der Waals surface area contributed by atoms with E-state index in [1.54, 1.807) is 48.5 Å². The Morgan fingerprint density at radius 1 is 1.09 bits per heavy atom. The molecule has 2 aromatic rings. The zero-order valence-corrected chi connectivity index (χ0v) is 22.2. The molecule has 2 aromatic carbocycles. The summed E-state index contributed by atoms with van der Waals surface area (Å²) < 4.78 is 31.7. The number of amides is 2. The lowest BCUT2D eigenvalue weighted by molar-refractivity contribution is -0.140. The molecule has 0 saturated carbocycles. The molecule has 0 spiro atoms. The highest BCUT2D eigenvalue weighted by Gasteiger charge is 2.32. The predicted molar refractivity (Wildman–Crippen MR) is 139 cm³/mol. The van der Waals surface area contributed by atoms with Crippen molar-refractivity contribution in [2.45, 2.75) is 45.7 Å². The first-order valence-corrected chi connectivity index (χ1v) is 13.8. The molecule has 0 saturated heterocycles. The van der Waals surface area contributed by atoms with Crippen LogP contribution in [-0.2, 0) is 26.2 Å². The van der Waals surface area contributed by atoms with Crippen LogP contribution in [0.15, 0.2) is 48.5 Å². The van der Waals surface area contributed by atoms with Gasteiger partial charge in [-0.05, 0) is 42.7 Å². The lowest BCUT2D eigenvalue weighted by Crippen LogP contribution is -2.52. The third-order valence-electron chi connectivity index (χ3n) is 5.51. The number of carbonyl (C=O) groups is 2.